The largest absolute Gasteiger partial charge is 0.495 e. The molecule has 0 atom stereocenters. The van der Waals surface area contributed by atoms with Gasteiger partial charge >= 0.3 is 5.97 Å². The number of nitrogens with zero attached hydrogens (tertiary/aromatic N) is 5. The molecule has 31 heavy (non-hydrogen) atoms. The number of para-hydroxylation sites is 2. The number of hydrogen-bond donors (Lipinski definition) is 2. The number of anilines is 3. The molecule has 3 N–H and O–H groups in total. The molecule has 10 heteroatoms. The van der Waals surface area contributed by atoms with E-state index in [0.29, 0.717) is 17.0 Å². The van der Waals surface area contributed by atoms with Gasteiger partial charge in [-0.3, -0.25) is 0 Å². The van der Waals surface area contributed by atoms with E-state index < -0.39 is 5.97 Å². The number of aromatic nitrogens is 5. The van der Waals surface area contributed by atoms with Crippen LogP contribution in [0.3, 0.4) is 0 Å². The second-order valence-corrected chi connectivity index (χ2v) is 6.33. The Kier molecular flexibility index (Phi) is 5.70. The van der Waals surface area contributed by atoms with E-state index >= 15 is 0 Å². The van der Waals surface area contributed by atoms with Crippen molar-refractivity contribution >= 4 is 23.6 Å². The smallest absolute Gasteiger partial charge is 0.338 e. The molecule has 4 rings (SSSR count). The average Bonchev–Trinajstić information content (AvgIpc) is 3.33. The maximum atomic E-state index is 12.4. The van der Waals surface area contributed by atoms with Crippen LogP contribution in [-0.4, -0.2) is 37.8 Å². The first-order valence-corrected chi connectivity index (χ1v) is 9.30. The number of methoxy groups -OCH3 is 1. The van der Waals surface area contributed by atoms with Crippen molar-refractivity contribution in [2.24, 2.45) is 0 Å². The minimum Gasteiger partial charge on any atom is -0.495 e. The number of rotatable bonds is 7. The van der Waals surface area contributed by atoms with Gasteiger partial charge in [0.25, 0.3) is 0 Å². The van der Waals surface area contributed by atoms with Crippen molar-refractivity contribution in [3.63, 3.8) is 0 Å². The molecule has 2 heterocycles. The monoisotopic (exact) mass is 417 g/mol. The Morgan fingerprint density at radius 3 is 2.61 bits per heavy atom. The predicted molar refractivity (Wildman–Crippen MR) is 113 cm³/mol. The SMILES string of the molecule is COc1ccccc1Nc1nc(N)nc(COC(=O)c2ccc(-n3cccn3)cc2)n1. The number of esters is 1. The molecule has 0 amide bonds. The van der Waals surface area contributed by atoms with Crippen molar-refractivity contribution in [2.75, 3.05) is 18.2 Å². The Bertz CT molecular complexity index is 1180. The first-order valence-electron chi connectivity index (χ1n) is 9.30. The number of benzene rings is 2. The van der Waals surface area contributed by atoms with Crippen molar-refractivity contribution in [2.45, 2.75) is 6.61 Å². The van der Waals surface area contributed by atoms with E-state index in [1.807, 2.05) is 30.5 Å². The van der Waals surface area contributed by atoms with Crippen LogP contribution in [0.2, 0.25) is 0 Å². The Labute approximate surface area is 177 Å². The van der Waals surface area contributed by atoms with Crippen LogP contribution < -0.4 is 15.8 Å². The molecule has 0 aliphatic heterocycles. The van der Waals surface area contributed by atoms with Crippen molar-refractivity contribution in [1.82, 2.24) is 24.7 Å². The molecule has 4 aromatic rings. The molecular weight excluding hydrogens is 398 g/mol. The Hall–Kier alpha value is -4.47. The fraction of sp³-hybridized carbons (Fsp3) is 0.0952. The molecule has 0 unspecified atom stereocenters. The van der Waals surface area contributed by atoms with Crippen LogP contribution in [0.25, 0.3) is 5.69 Å². The number of nitrogens with one attached hydrogen (secondary N) is 1. The number of carbonyl (C=O) groups excluding carboxylic acids is 1. The number of nitrogen functional groups attached to an aromatic ring is 1. The van der Waals surface area contributed by atoms with E-state index in [0.717, 1.165) is 5.69 Å². The highest BCUT2D eigenvalue weighted by Gasteiger charge is 2.12. The minimum atomic E-state index is -0.509. The molecule has 0 spiro atoms. The van der Waals surface area contributed by atoms with Crippen LogP contribution in [0.5, 0.6) is 5.75 Å². The molecular formula is C21H19N7O3. The van der Waals surface area contributed by atoms with Crippen molar-refractivity contribution in [1.29, 1.82) is 0 Å². The van der Waals surface area contributed by atoms with Gasteiger partial charge in [-0.15, -0.1) is 0 Å². The standard InChI is InChI=1S/C21H19N7O3/c1-30-17-6-3-2-5-16(17)24-21-26-18(25-20(22)27-21)13-31-19(29)14-7-9-15(10-8-14)28-12-4-11-23-28/h2-12H,13H2,1H3,(H3,22,24,25,26,27). The van der Waals surface area contributed by atoms with Crippen LogP contribution in [0.15, 0.2) is 67.0 Å². The van der Waals surface area contributed by atoms with Crippen LogP contribution in [-0.2, 0) is 11.3 Å². The van der Waals surface area contributed by atoms with E-state index in [4.69, 9.17) is 15.2 Å². The highest BCUT2D eigenvalue weighted by Crippen LogP contribution is 2.25. The van der Waals surface area contributed by atoms with Gasteiger partial charge in [0.05, 0.1) is 24.0 Å². The van der Waals surface area contributed by atoms with Gasteiger partial charge in [-0.1, -0.05) is 12.1 Å². The molecule has 156 valence electrons. The highest BCUT2D eigenvalue weighted by atomic mass is 16.5. The summed E-state index contributed by atoms with van der Waals surface area (Å²) in [6.07, 6.45) is 3.49. The molecule has 0 aliphatic rings. The van der Waals surface area contributed by atoms with Crippen LogP contribution in [0, 0.1) is 0 Å². The van der Waals surface area contributed by atoms with Crippen molar-refractivity contribution in [3.05, 3.63) is 78.4 Å². The Morgan fingerprint density at radius 1 is 1.06 bits per heavy atom. The first kappa shape index (κ1) is 19.8. The second-order valence-electron chi connectivity index (χ2n) is 6.33. The maximum Gasteiger partial charge on any atom is 0.338 e. The lowest BCUT2D eigenvalue weighted by atomic mass is 10.2. The third-order valence-corrected chi connectivity index (χ3v) is 4.26. The molecule has 0 saturated carbocycles. The molecule has 2 aromatic carbocycles. The van der Waals surface area contributed by atoms with E-state index in [-0.39, 0.29) is 24.3 Å². The predicted octanol–water partition coefficient (Wildman–Crippen LogP) is 2.75. The Balaban J connectivity index is 1.43. The summed E-state index contributed by atoms with van der Waals surface area (Å²) in [6, 6.07) is 16.0. The molecule has 0 radical (unpaired) electrons. The zero-order valence-electron chi connectivity index (χ0n) is 16.6. The topological polar surface area (TPSA) is 130 Å². The summed E-state index contributed by atoms with van der Waals surface area (Å²) in [5, 5.41) is 7.17. The summed E-state index contributed by atoms with van der Waals surface area (Å²) < 4.78 is 12.3. The van der Waals surface area contributed by atoms with E-state index in [2.05, 4.69) is 25.4 Å². The van der Waals surface area contributed by atoms with Gasteiger partial charge in [0.15, 0.2) is 12.4 Å². The summed E-state index contributed by atoms with van der Waals surface area (Å²) in [5.74, 6) is 0.540. The summed E-state index contributed by atoms with van der Waals surface area (Å²) in [6.45, 7) is -0.160. The Morgan fingerprint density at radius 2 is 1.87 bits per heavy atom. The van der Waals surface area contributed by atoms with Crippen molar-refractivity contribution in [3.8, 4) is 11.4 Å². The molecule has 0 saturated heterocycles. The fourth-order valence-electron chi connectivity index (χ4n) is 2.81. The quantitative estimate of drug-likeness (QED) is 0.436. The molecule has 0 aliphatic carbocycles. The van der Waals surface area contributed by atoms with Crippen LogP contribution >= 0.6 is 0 Å². The minimum absolute atomic E-state index is 0.00187. The summed E-state index contributed by atoms with van der Waals surface area (Å²) in [7, 11) is 1.56. The van der Waals surface area contributed by atoms with Crippen molar-refractivity contribution < 1.29 is 14.3 Å². The summed E-state index contributed by atoms with van der Waals surface area (Å²) in [4.78, 5) is 24.7. The van der Waals surface area contributed by atoms with Gasteiger partial charge in [0.1, 0.15) is 5.75 Å². The van der Waals surface area contributed by atoms with Gasteiger partial charge in [-0.25, -0.2) is 9.48 Å². The third kappa shape index (κ3) is 4.75. The number of carbonyl (C=O) groups is 1. The molecule has 0 bridgehead atoms. The zero-order valence-corrected chi connectivity index (χ0v) is 16.6. The summed E-state index contributed by atoms with van der Waals surface area (Å²) in [5.41, 5.74) is 7.67. The molecule has 0 fully saturated rings. The number of hydrogen-bond acceptors (Lipinski definition) is 9. The summed E-state index contributed by atoms with van der Waals surface area (Å²) >= 11 is 0. The second kappa shape index (κ2) is 8.91. The van der Waals surface area contributed by atoms with Gasteiger partial charge in [-0.05, 0) is 42.5 Å². The zero-order chi connectivity index (χ0) is 21.6. The lowest BCUT2D eigenvalue weighted by Crippen LogP contribution is -2.11. The third-order valence-electron chi connectivity index (χ3n) is 4.26. The van der Waals surface area contributed by atoms with Gasteiger partial charge in [-0.2, -0.15) is 20.1 Å². The number of ether oxygens (including phenoxy) is 2. The van der Waals surface area contributed by atoms with E-state index in [1.165, 1.54) is 0 Å². The maximum absolute atomic E-state index is 12.4. The lowest BCUT2D eigenvalue weighted by Gasteiger charge is -2.11. The van der Waals surface area contributed by atoms with Crippen LogP contribution in [0.1, 0.15) is 16.2 Å². The van der Waals surface area contributed by atoms with E-state index in [1.54, 1.807) is 48.3 Å². The highest BCUT2D eigenvalue weighted by molar-refractivity contribution is 5.89. The first-order chi connectivity index (χ1) is 15.1. The number of nitrogens with two attached hydrogens (primary N) is 1. The van der Waals surface area contributed by atoms with Crippen LogP contribution in [0.4, 0.5) is 17.6 Å². The van der Waals surface area contributed by atoms with Gasteiger partial charge in [0.2, 0.25) is 11.9 Å². The lowest BCUT2D eigenvalue weighted by molar-refractivity contribution is 0.0462. The average molecular weight is 417 g/mol. The van der Waals surface area contributed by atoms with Gasteiger partial charge in [0, 0.05) is 12.4 Å². The van der Waals surface area contributed by atoms with Gasteiger partial charge < -0.3 is 20.5 Å². The van der Waals surface area contributed by atoms with E-state index in [9.17, 15) is 4.79 Å². The fourth-order valence-corrected chi connectivity index (χ4v) is 2.81. The molecule has 10 nitrogen and oxygen atoms in total. The molecule has 2 aromatic heterocycles. The normalized spacial score (nSPS) is 10.5.